The second-order valence-electron chi connectivity index (χ2n) is 3.56. The fraction of sp³-hybridized carbons (Fsp3) is 0.222. The lowest BCUT2D eigenvalue weighted by Gasteiger charge is -2.08. The summed E-state index contributed by atoms with van der Waals surface area (Å²) in [5, 5.41) is 27.1. The maximum Gasteiger partial charge on any atom is 0.288 e. The smallest absolute Gasteiger partial charge is 0.288 e. The first-order chi connectivity index (χ1) is 8.58. The van der Waals surface area contributed by atoms with Crippen molar-refractivity contribution in [1.29, 1.82) is 0 Å². The Morgan fingerprint density at radius 3 is 2.94 bits per heavy atom. The number of hydrogen-bond acceptors (Lipinski definition) is 6. The van der Waals surface area contributed by atoms with Gasteiger partial charge in [-0.1, -0.05) is 16.8 Å². The molecule has 0 spiro atoms. The number of aromatic amines is 1. The van der Waals surface area contributed by atoms with Crippen molar-refractivity contribution in [3.63, 3.8) is 0 Å². The van der Waals surface area contributed by atoms with E-state index in [2.05, 4.69) is 25.9 Å². The van der Waals surface area contributed by atoms with Gasteiger partial charge in [0.1, 0.15) is 5.02 Å². The number of rotatable bonds is 4. The molecule has 0 amide bonds. The molecule has 0 saturated carbocycles. The van der Waals surface area contributed by atoms with Crippen molar-refractivity contribution in [2.45, 2.75) is 13.5 Å². The number of halogens is 1. The van der Waals surface area contributed by atoms with Gasteiger partial charge in [0.05, 0.1) is 11.5 Å². The van der Waals surface area contributed by atoms with Crippen LogP contribution in [0.3, 0.4) is 0 Å². The van der Waals surface area contributed by atoms with Crippen molar-refractivity contribution in [2.24, 2.45) is 0 Å². The molecule has 0 fully saturated rings. The molecular weight excluding hydrogens is 260 g/mol. The van der Waals surface area contributed by atoms with Crippen LogP contribution < -0.4 is 5.32 Å². The van der Waals surface area contributed by atoms with Crippen molar-refractivity contribution < 1.29 is 4.92 Å². The summed E-state index contributed by atoms with van der Waals surface area (Å²) in [6.07, 6.45) is 0. The highest BCUT2D eigenvalue weighted by Crippen LogP contribution is 2.30. The number of nitrogens with one attached hydrogen (secondary N) is 2. The summed E-state index contributed by atoms with van der Waals surface area (Å²) >= 11 is 5.83. The Kier molecular flexibility index (Phi) is 3.38. The van der Waals surface area contributed by atoms with Gasteiger partial charge in [0, 0.05) is 11.8 Å². The molecular formula is C9H9ClN6O2. The van der Waals surface area contributed by atoms with Crippen molar-refractivity contribution in [2.75, 3.05) is 5.32 Å². The molecule has 0 saturated heterocycles. The summed E-state index contributed by atoms with van der Waals surface area (Å²) in [4.78, 5) is 10.2. The van der Waals surface area contributed by atoms with E-state index in [4.69, 9.17) is 11.6 Å². The minimum absolute atomic E-state index is 0.0845. The van der Waals surface area contributed by atoms with Crippen LogP contribution in [-0.4, -0.2) is 25.5 Å². The highest BCUT2D eigenvalue weighted by Gasteiger charge is 2.15. The molecule has 2 rings (SSSR count). The van der Waals surface area contributed by atoms with Gasteiger partial charge in [-0.3, -0.25) is 10.1 Å². The van der Waals surface area contributed by atoms with Gasteiger partial charge in [0.2, 0.25) is 0 Å². The van der Waals surface area contributed by atoms with E-state index >= 15 is 0 Å². The first kappa shape index (κ1) is 12.2. The number of aromatic nitrogens is 4. The van der Waals surface area contributed by atoms with Crippen LogP contribution in [0.4, 0.5) is 11.4 Å². The van der Waals surface area contributed by atoms with E-state index in [1.165, 1.54) is 12.1 Å². The second kappa shape index (κ2) is 4.96. The third-order valence-corrected chi connectivity index (χ3v) is 2.62. The zero-order valence-electron chi connectivity index (χ0n) is 9.35. The van der Waals surface area contributed by atoms with Gasteiger partial charge >= 0.3 is 0 Å². The molecule has 2 aromatic rings. The Bertz CT molecular complexity index is 571. The van der Waals surface area contributed by atoms with E-state index in [0.717, 1.165) is 5.56 Å². The zero-order chi connectivity index (χ0) is 13.1. The van der Waals surface area contributed by atoms with Gasteiger partial charge in [-0.2, -0.15) is 5.21 Å². The van der Waals surface area contributed by atoms with Crippen LogP contribution in [0.25, 0.3) is 0 Å². The topological polar surface area (TPSA) is 110 Å². The van der Waals surface area contributed by atoms with Crippen LogP contribution in [0.1, 0.15) is 11.4 Å². The summed E-state index contributed by atoms with van der Waals surface area (Å²) in [5.74, 6) is 0.490. The van der Waals surface area contributed by atoms with E-state index < -0.39 is 4.92 Å². The normalized spacial score (nSPS) is 10.3. The predicted molar refractivity (Wildman–Crippen MR) is 64.3 cm³/mol. The summed E-state index contributed by atoms with van der Waals surface area (Å²) in [7, 11) is 0. The molecule has 94 valence electrons. The molecule has 1 heterocycles. The van der Waals surface area contributed by atoms with Crippen LogP contribution in [0.2, 0.25) is 5.02 Å². The van der Waals surface area contributed by atoms with Crippen molar-refractivity contribution in [3.8, 4) is 0 Å². The van der Waals surface area contributed by atoms with Crippen molar-refractivity contribution in [1.82, 2.24) is 20.6 Å². The quantitative estimate of drug-likeness (QED) is 0.645. The summed E-state index contributed by atoms with van der Waals surface area (Å²) in [6, 6.07) is 2.93. The molecule has 0 unspecified atom stereocenters. The molecule has 1 aromatic heterocycles. The van der Waals surface area contributed by atoms with E-state index in [0.29, 0.717) is 18.1 Å². The highest BCUT2D eigenvalue weighted by atomic mass is 35.5. The average Bonchev–Trinajstić information content (AvgIpc) is 2.82. The first-order valence-corrected chi connectivity index (χ1v) is 5.36. The zero-order valence-corrected chi connectivity index (χ0v) is 10.1. The van der Waals surface area contributed by atoms with Gasteiger partial charge in [-0.15, -0.1) is 10.2 Å². The lowest BCUT2D eigenvalue weighted by atomic mass is 10.2. The minimum atomic E-state index is -0.516. The Morgan fingerprint density at radius 2 is 2.33 bits per heavy atom. The molecule has 9 heteroatoms. The molecule has 0 aliphatic rings. The number of H-pyrrole nitrogens is 1. The van der Waals surface area contributed by atoms with E-state index in [1.807, 2.05) is 0 Å². The van der Waals surface area contributed by atoms with Gasteiger partial charge in [-0.05, 0) is 18.6 Å². The summed E-state index contributed by atoms with van der Waals surface area (Å²) < 4.78 is 0. The van der Waals surface area contributed by atoms with Crippen molar-refractivity contribution >= 4 is 23.0 Å². The predicted octanol–water partition coefficient (Wildman–Crippen LogP) is 1.68. The van der Waals surface area contributed by atoms with E-state index in [-0.39, 0.29) is 10.7 Å². The molecule has 8 nitrogen and oxygen atoms in total. The molecule has 1 aromatic carbocycles. The highest BCUT2D eigenvalue weighted by molar-refractivity contribution is 6.33. The SMILES string of the molecule is Cc1cc([N+](=O)[O-])c(Cl)cc1NCc1nn[nH]n1. The lowest BCUT2D eigenvalue weighted by molar-refractivity contribution is -0.384. The molecule has 0 bridgehead atoms. The van der Waals surface area contributed by atoms with Crippen LogP contribution in [0, 0.1) is 17.0 Å². The van der Waals surface area contributed by atoms with Crippen molar-refractivity contribution in [3.05, 3.63) is 38.7 Å². The number of nitro benzene ring substituents is 1. The maximum absolute atomic E-state index is 10.7. The Labute approximate surface area is 106 Å². The van der Waals surface area contributed by atoms with Gasteiger partial charge in [0.15, 0.2) is 5.82 Å². The molecule has 18 heavy (non-hydrogen) atoms. The second-order valence-corrected chi connectivity index (χ2v) is 3.96. The third kappa shape index (κ3) is 2.54. The largest absolute Gasteiger partial charge is 0.377 e. The number of nitro groups is 1. The first-order valence-electron chi connectivity index (χ1n) is 4.98. The minimum Gasteiger partial charge on any atom is -0.377 e. The monoisotopic (exact) mass is 268 g/mol. The number of tetrazole rings is 1. The number of anilines is 1. The van der Waals surface area contributed by atoms with E-state index in [9.17, 15) is 10.1 Å². The van der Waals surface area contributed by atoms with Crippen LogP contribution in [0.15, 0.2) is 12.1 Å². The maximum atomic E-state index is 10.7. The summed E-state index contributed by atoms with van der Waals surface area (Å²) in [6.45, 7) is 2.10. The number of aryl methyl sites for hydroxylation is 1. The van der Waals surface area contributed by atoms with Crippen LogP contribution in [-0.2, 0) is 6.54 Å². The Hall–Kier alpha value is -2.22. The van der Waals surface area contributed by atoms with Crippen LogP contribution >= 0.6 is 11.6 Å². The lowest BCUT2D eigenvalue weighted by Crippen LogP contribution is -2.03. The molecule has 0 radical (unpaired) electrons. The van der Waals surface area contributed by atoms with Gasteiger partial charge in [-0.25, -0.2) is 0 Å². The number of nitrogens with zero attached hydrogens (tertiary/aromatic N) is 4. The number of benzene rings is 1. The van der Waals surface area contributed by atoms with Gasteiger partial charge < -0.3 is 5.32 Å². The molecule has 2 N–H and O–H groups in total. The molecule has 0 aliphatic heterocycles. The average molecular weight is 269 g/mol. The third-order valence-electron chi connectivity index (χ3n) is 2.32. The van der Waals surface area contributed by atoms with Gasteiger partial charge in [0.25, 0.3) is 5.69 Å². The summed E-state index contributed by atoms with van der Waals surface area (Å²) in [5.41, 5.74) is 1.30. The standard InChI is InChI=1S/C9H9ClN6O2/c1-5-2-8(16(17)18)6(10)3-7(5)11-4-9-12-14-15-13-9/h2-3,11H,4H2,1H3,(H,12,13,14,15). The molecule has 0 atom stereocenters. The van der Waals surface area contributed by atoms with Crippen LogP contribution in [0.5, 0.6) is 0 Å². The Morgan fingerprint density at radius 1 is 1.56 bits per heavy atom. The van der Waals surface area contributed by atoms with E-state index in [1.54, 1.807) is 6.92 Å². The fourth-order valence-electron chi connectivity index (χ4n) is 1.43. The Balaban J connectivity index is 2.19. The number of hydrogen-bond donors (Lipinski definition) is 2. The molecule has 0 aliphatic carbocycles. The fourth-order valence-corrected chi connectivity index (χ4v) is 1.66.